The molecule has 1 nitrogen and oxygen atoms in total. The summed E-state index contributed by atoms with van der Waals surface area (Å²) in [5.74, 6) is 0.628. The molecular weight excluding hydrogens is 229 g/mol. The maximum atomic E-state index is 6.02. The van der Waals surface area contributed by atoms with Gasteiger partial charge in [0.15, 0.2) is 0 Å². The SMILES string of the molecule is CC(C)CC(N)Cc1ccc(Cl)c(Cl)c1. The minimum atomic E-state index is 0.197. The summed E-state index contributed by atoms with van der Waals surface area (Å²) in [4.78, 5) is 0. The zero-order chi connectivity index (χ0) is 11.4. The second-order valence-electron chi connectivity index (χ2n) is 4.34. The van der Waals surface area contributed by atoms with Crippen molar-refractivity contribution in [1.29, 1.82) is 0 Å². The van der Waals surface area contributed by atoms with E-state index in [-0.39, 0.29) is 6.04 Å². The molecule has 0 heterocycles. The first-order chi connectivity index (χ1) is 6.99. The van der Waals surface area contributed by atoms with Gasteiger partial charge in [0.25, 0.3) is 0 Å². The molecule has 3 heteroatoms. The highest BCUT2D eigenvalue weighted by Gasteiger charge is 2.07. The molecular formula is C12H17Cl2N. The summed E-state index contributed by atoms with van der Waals surface area (Å²) in [6.45, 7) is 4.35. The van der Waals surface area contributed by atoms with E-state index in [1.54, 1.807) is 0 Å². The van der Waals surface area contributed by atoms with E-state index in [1.165, 1.54) is 0 Å². The number of hydrogen-bond donors (Lipinski definition) is 1. The van der Waals surface area contributed by atoms with Gasteiger partial charge in [-0.05, 0) is 36.5 Å². The van der Waals surface area contributed by atoms with E-state index in [4.69, 9.17) is 28.9 Å². The predicted octanol–water partition coefficient (Wildman–Crippen LogP) is 3.91. The third-order valence-electron chi connectivity index (χ3n) is 2.26. The van der Waals surface area contributed by atoms with Crippen LogP contribution in [0.15, 0.2) is 18.2 Å². The van der Waals surface area contributed by atoms with Gasteiger partial charge >= 0.3 is 0 Å². The Balaban J connectivity index is 2.60. The van der Waals surface area contributed by atoms with Gasteiger partial charge in [0.1, 0.15) is 0 Å². The van der Waals surface area contributed by atoms with Crippen molar-refractivity contribution in [3.8, 4) is 0 Å². The lowest BCUT2D eigenvalue weighted by atomic mass is 9.98. The van der Waals surface area contributed by atoms with Crippen LogP contribution in [-0.2, 0) is 6.42 Å². The molecule has 0 spiro atoms. The first kappa shape index (κ1) is 12.8. The van der Waals surface area contributed by atoms with Crippen molar-refractivity contribution in [3.05, 3.63) is 33.8 Å². The van der Waals surface area contributed by atoms with E-state index in [0.717, 1.165) is 18.4 Å². The van der Waals surface area contributed by atoms with Gasteiger partial charge in [0.2, 0.25) is 0 Å². The topological polar surface area (TPSA) is 26.0 Å². The van der Waals surface area contributed by atoms with E-state index in [0.29, 0.717) is 16.0 Å². The van der Waals surface area contributed by atoms with Gasteiger partial charge in [-0.2, -0.15) is 0 Å². The lowest BCUT2D eigenvalue weighted by Gasteiger charge is -2.14. The summed E-state index contributed by atoms with van der Waals surface area (Å²) in [7, 11) is 0. The third-order valence-corrected chi connectivity index (χ3v) is 3.00. The van der Waals surface area contributed by atoms with Crippen molar-refractivity contribution in [2.24, 2.45) is 11.7 Å². The van der Waals surface area contributed by atoms with Crippen LogP contribution < -0.4 is 5.73 Å². The fourth-order valence-electron chi connectivity index (χ4n) is 1.66. The zero-order valence-corrected chi connectivity index (χ0v) is 10.6. The number of halogens is 2. The van der Waals surface area contributed by atoms with Gasteiger partial charge in [-0.3, -0.25) is 0 Å². The molecule has 0 saturated carbocycles. The first-order valence-corrected chi connectivity index (χ1v) is 5.94. The van der Waals surface area contributed by atoms with Crippen molar-refractivity contribution >= 4 is 23.2 Å². The van der Waals surface area contributed by atoms with Gasteiger partial charge in [0.05, 0.1) is 10.0 Å². The Morgan fingerprint density at radius 3 is 2.40 bits per heavy atom. The van der Waals surface area contributed by atoms with Crippen molar-refractivity contribution < 1.29 is 0 Å². The maximum Gasteiger partial charge on any atom is 0.0595 e. The summed E-state index contributed by atoms with van der Waals surface area (Å²) in [5.41, 5.74) is 7.17. The highest BCUT2D eigenvalue weighted by atomic mass is 35.5. The normalized spacial score (nSPS) is 13.2. The van der Waals surface area contributed by atoms with E-state index in [1.807, 2.05) is 18.2 Å². The van der Waals surface area contributed by atoms with E-state index < -0.39 is 0 Å². The number of rotatable bonds is 4. The lowest BCUT2D eigenvalue weighted by molar-refractivity contribution is 0.493. The van der Waals surface area contributed by atoms with Crippen molar-refractivity contribution in [1.82, 2.24) is 0 Å². The smallest absolute Gasteiger partial charge is 0.0595 e. The number of nitrogens with two attached hydrogens (primary N) is 1. The molecule has 0 amide bonds. The van der Waals surface area contributed by atoms with Gasteiger partial charge in [-0.25, -0.2) is 0 Å². The molecule has 84 valence electrons. The standard InChI is InChI=1S/C12H17Cl2N/c1-8(2)5-10(15)6-9-3-4-11(13)12(14)7-9/h3-4,7-8,10H,5-6,15H2,1-2H3. The minimum absolute atomic E-state index is 0.197. The fraction of sp³-hybridized carbons (Fsp3) is 0.500. The van der Waals surface area contributed by atoms with Gasteiger partial charge in [-0.15, -0.1) is 0 Å². The van der Waals surface area contributed by atoms with Crippen LogP contribution in [0.4, 0.5) is 0 Å². The Hall–Kier alpha value is -0.240. The van der Waals surface area contributed by atoms with Gasteiger partial charge in [0, 0.05) is 6.04 Å². The van der Waals surface area contributed by atoms with Crippen LogP contribution in [0.2, 0.25) is 10.0 Å². The quantitative estimate of drug-likeness (QED) is 0.856. The summed E-state index contributed by atoms with van der Waals surface area (Å²) in [5, 5.41) is 1.20. The van der Waals surface area contributed by atoms with Crippen LogP contribution in [0.3, 0.4) is 0 Å². The molecule has 0 saturated heterocycles. The van der Waals surface area contributed by atoms with Crippen LogP contribution in [0.25, 0.3) is 0 Å². The predicted molar refractivity (Wildman–Crippen MR) is 67.6 cm³/mol. The number of hydrogen-bond acceptors (Lipinski definition) is 1. The fourth-order valence-corrected chi connectivity index (χ4v) is 1.98. The highest BCUT2D eigenvalue weighted by Crippen LogP contribution is 2.23. The van der Waals surface area contributed by atoms with Crippen molar-refractivity contribution in [2.75, 3.05) is 0 Å². The Kier molecular flexibility index (Phi) is 4.91. The second-order valence-corrected chi connectivity index (χ2v) is 5.16. The molecule has 1 rings (SSSR count). The molecule has 0 radical (unpaired) electrons. The molecule has 1 atom stereocenters. The molecule has 0 fully saturated rings. The summed E-state index contributed by atoms with van der Waals surface area (Å²) in [6.07, 6.45) is 1.88. The molecule has 0 aliphatic rings. The zero-order valence-electron chi connectivity index (χ0n) is 9.13. The largest absolute Gasteiger partial charge is 0.327 e. The molecule has 0 aromatic heterocycles. The van der Waals surface area contributed by atoms with E-state index >= 15 is 0 Å². The minimum Gasteiger partial charge on any atom is -0.327 e. The average Bonchev–Trinajstić information content (AvgIpc) is 2.10. The van der Waals surface area contributed by atoms with Gasteiger partial charge in [-0.1, -0.05) is 43.1 Å². The molecule has 15 heavy (non-hydrogen) atoms. The number of benzene rings is 1. The highest BCUT2D eigenvalue weighted by molar-refractivity contribution is 6.42. The first-order valence-electron chi connectivity index (χ1n) is 5.18. The molecule has 0 bridgehead atoms. The second kappa shape index (κ2) is 5.74. The van der Waals surface area contributed by atoms with Crippen molar-refractivity contribution in [3.63, 3.8) is 0 Å². The molecule has 0 aliphatic heterocycles. The molecule has 1 aromatic rings. The van der Waals surface area contributed by atoms with E-state index in [9.17, 15) is 0 Å². The van der Waals surface area contributed by atoms with Gasteiger partial charge < -0.3 is 5.73 Å². The molecule has 1 aromatic carbocycles. The third kappa shape index (κ3) is 4.42. The maximum absolute atomic E-state index is 6.02. The molecule has 0 aliphatic carbocycles. The van der Waals surface area contributed by atoms with E-state index in [2.05, 4.69) is 13.8 Å². The average molecular weight is 246 g/mol. The Bertz CT molecular complexity index is 323. The van der Waals surface area contributed by atoms with Crippen LogP contribution >= 0.6 is 23.2 Å². The van der Waals surface area contributed by atoms with Crippen molar-refractivity contribution in [2.45, 2.75) is 32.7 Å². The van der Waals surface area contributed by atoms with Crippen LogP contribution in [-0.4, -0.2) is 6.04 Å². The summed E-state index contributed by atoms with van der Waals surface area (Å²) < 4.78 is 0. The van der Waals surface area contributed by atoms with Crippen LogP contribution in [0.5, 0.6) is 0 Å². The van der Waals surface area contributed by atoms with Crippen LogP contribution in [0.1, 0.15) is 25.8 Å². The Morgan fingerprint density at radius 1 is 1.20 bits per heavy atom. The molecule has 2 N–H and O–H groups in total. The Morgan fingerprint density at radius 2 is 1.87 bits per heavy atom. The Labute approximate surface area is 102 Å². The monoisotopic (exact) mass is 245 g/mol. The lowest BCUT2D eigenvalue weighted by Crippen LogP contribution is -2.24. The summed E-state index contributed by atoms with van der Waals surface area (Å²) in [6, 6.07) is 5.89. The molecule has 1 unspecified atom stereocenters. The summed E-state index contributed by atoms with van der Waals surface area (Å²) >= 11 is 11.8. The van der Waals surface area contributed by atoms with Crippen LogP contribution in [0, 0.1) is 5.92 Å².